The Hall–Kier alpha value is -2.28. The molecule has 1 heterocycles. The van der Waals surface area contributed by atoms with Gasteiger partial charge in [0.1, 0.15) is 0 Å². The highest BCUT2D eigenvalue weighted by Gasteiger charge is 2.11. The zero-order chi connectivity index (χ0) is 17.3. The molecule has 138 valence electrons. The second-order valence-corrected chi connectivity index (χ2v) is 5.96. The van der Waals surface area contributed by atoms with Crippen molar-refractivity contribution >= 4 is 12.4 Å². The Kier molecular flexibility index (Phi) is 8.21. The van der Waals surface area contributed by atoms with Crippen LogP contribution in [0.2, 0.25) is 0 Å². The number of nitrogens with two attached hydrogens (primary N) is 1. The normalized spacial score (nSPS) is 10.7. The molecule has 0 saturated carbocycles. The summed E-state index contributed by atoms with van der Waals surface area (Å²) in [5, 5.41) is 12.1. The second kappa shape index (κ2) is 10.7. The van der Waals surface area contributed by atoms with Crippen molar-refractivity contribution in [2.45, 2.75) is 12.8 Å². The molecule has 2 aromatic carbocycles. The summed E-state index contributed by atoms with van der Waals surface area (Å²) in [6.07, 6.45) is 1.81. The molecule has 0 radical (unpaired) electrons. The average Bonchev–Trinajstić information content (AvgIpc) is 3.14. The predicted molar refractivity (Wildman–Crippen MR) is 106 cm³/mol. The van der Waals surface area contributed by atoms with Crippen LogP contribution in [0.1, 0.15) is 11.4 Å². The van der Waals surface area contributed by atoms with Crippen LogP contribution in [0.15, 0.2) is 60.7 Å². The van der Waals surface area contributed by atoms with E-state index in [1.165, 1.54) is 5.56 Å². The van der Waals surface area contributed by atoms with Gasteiger partial charge in [0.2, 0.25) is 0 Å². The van der Waals surface area contributed by atoms with Gasteiger partial charge in [0, 0.05) is 32.6 Å². The van der Waals surface area contributed by atoms with Gasteiger partial charge in [0.15, 0.2) is 5.82 Å². The molecular weight excluding hydrogens is 348 g/mol. The number of aromatic nitrogens is 4. The van der Waals surface area contributed by atoms with Crippen LogP contribution in [-0.2, 0) is 12.8 Å². The third kappa shape index (κ3) is 5.62. The Balaban J connectivity index is 0.00000243. The average molecular weight is 373 g/mol. The Morgan fingerprint density at radius 2 is 1.50 bits per heavy atom. The van der Waals surface area contributed by atoms with E-state index >= 15 is 0 Å². The number of tetrazole rings is 1. The summed E-state index contributed by atoms with van der Waals surface area (Å²) in [7, 11) is 0. The summed E-state index contributed by atoms with van der Waals surface area (Å²) in [4.78, 5) is 2.37. The molecule has 3 aromatic rings. The summed E-state index contributed by atoms with van der Waals surface area (Å²) < 4.78 is 1.80. The quantitative estimate of drug-likeness (QED) is 0.623. The van der Waals surface area contributed by atoms with E-state index in [-0.39, 0.29) is 12.4 Å². The monoisotopic (exact) mass is 372 g/mol. The van der Waals surface area contributed by atoms with Gasteiger partial charge >= 0.3 is 0 Å². The van der Waals surface area contributed by atoms with Crippen molar-refractivity contribution in [3.8, 4) is 5.69 Å². The molecule has 6 nitrogen and oxygen atoms in total. The molecule has 26 heavy (non-hydrogen) atoms. The molecule has 0 fully saturated rings. The van der Waals surface area contributed by atoms with E-state index in [0.29, 0.717) is 6.54 Å². The number of benzene rings is 2. The maximum atomic E-state index is 5.78. The Bertz CT molecular complexity index is 747. The van der Waals surface area contributed by atoms with Crippen molar-refractivity contribution in [2.75, 3.05) is 26.2 Å². The molecule has 0 saturated heterocycles. The van der Waals surface area contributed by atoms with Gasteiger partial charge in [0.05, 0.1) is 5.69 Å². The minimum Gasteiger partial charge on any atom is -0.329 e. The fourth-order valence-electron chi connectivity index (χ4n) is 2.84. The van der Waals surface area contributed by atoms with Crippen molar-refractivity contribution < 1.29 is 0 Å². The third-order valence-corrected chi connectivity index (χ3v) is 4.19. The molecule has 3 rings (SSSR count). The Morgan fingerprint density at radius 1 is 0.846 bits per heavy atom. The molecule has 0 aliphatic rings. The van der Waals surface area contributed by atoms with Gasteiger partial charge in [-0.15, -0.1) is 17.5 Å². The molecule has 0 aliphatic heterocycles. The maximum Gasteiger partial charge on any atom is 0.157 e. The zero-order valence-electron chi connectivity index (χ0n) is 14.7. The molecule has 1 aromatic heterocycles. The molecule has 2 N–H and O–H groups in total. The van der Waals surface area contributed by atoms with Crippen molar-refractivity contribution in [3.05, 3.63) is 72.1 Å². The van der Waals surface area contributed by atoms with Crippen LogP contribution >= 0.6 is 12.4 Å². The summed E-state index contributed by atoms with van der Waals surface area (Å²) in [6, 6.07) is 20.5. The number of rotatable bonds is 9. The van der Waals surface area contributed by atoms with E-state index in [1.54, 1.807) is 4.68 Å². The fourth-order valence-corrected chi connectivity index (χ4v) is 2.84. The van der Waals surface area contributed by atoms with Gasteiger partial charge in [-0.05, 0) is 34.5 Å². The molecule has 7 heteroatoms. The minimum atomic E-state index is 0. The van der Waals surface area contributed by atoms with Gasteiger partial charge < -0.3 is 10.6 Å². The first-order valence-electron chi connectivity index (χ1n) is 8.66. The lowest BCUT2D eigenvalue weighted by atomic mass is 10.1. The maximum absolute atomic E-state index is 5.78. The standard InChI is InChI=1S/C19H24N6.ClH/c20-13-16-24(14-11-17-7-3-1-4-8-17)15-12-19-21-22-23-25(19)18-9-5-2-6-10-18;/h1-10H,11-16,20H2;1H. The van der Waals surface area contributed by atoms with Crippen LogP contribution in [0, 0.1) is 0 Å². The molecule has 0 spiro atoms. The smallest absolute Gasteiger partial charge is 0.157 e. The van der Waals surface area contributed by atoms with Gasteiger partial charge in [-0.1, -0.05) is 48.5 Å². The van der Waals surface area contributed by atoms with Crippen LogP contribution in [-0.4, -0.2) is 51.3 Å². The Morgan fingerprint density at radius 3 is 2.19 bits per heavy atom. The van der Waals surface area contributed by atoms with Crippen LogP contribution in [0.25, 0.3) is 5.69 Å². The Labute approximate surface area is 160 Å². The molecule has 0 atom stereocenters. The number of nitrogens with zero attached hydrogens (tertiary/aromatic N) is 5. The summed E-state index contributed by atoms with van der Waals surface area (Å²) >= 11 is 0. The summed E-state index contributed by atoms with van der Waals surface area (Å²) in [5.41, 5.74) is 8.11. The third-order valence-electron chi connectivity index (χ3n) is 4.19. The topological polar surface area (TPSA) is 72.9 Å². The summed E-state index contributed by atoms with van der Waals surface area (Å²) in [5.74, 6) is 0.868. The van der Waals surface area contributed by atoms with Crippen molar-refractivity contribution in [1.29, 1.82) is 0 Å². The van der Waals surface area contributed by atoms with Crippen LogP contribution in [0.5, 0.6) is 0 Å². The van der Waals surface area contributed by atoms with Gasteiger partial charge in [-0.3, -0.25) is 0 Å². The highest BCUT2D eigenvalue weighted by molar-refractivity contribution is 5.85. The van der Waals surface area contributed by atoms with Gasteiger partial charge in [-0.2, -0.15) is 4.68 Å². The second-order valence-electron chi connectivity index (χ2n) is 5.96. The number of para-hydroxylation sites is 1. The zero-order valence-corrected chi connectivity index (χ0v) is 15.6. The minimum absolute atomic E-state index is 0. The van der Waals surface area contributed by atoms with E-state index in [2.05, 4.69) is 44.7 Å². The van der Waals surface area contributed by atoms with Crippen LogP contribution < -0.4 is 5.73 Å². The van der Waals surface area contributed by atoms with E-state index in [1.807, 2.05) is 36.4 Å². The molecular formula is C19H25ClN6. The SMILES string of the molecule is Cl.NCCN(CCc1ccccc1)CCc1nnnn1-c1ccccc1. The van der Waals surface area contributed by atoms with E-state index in [0.717, 1.165) is 44.0 Å². The lowest BCUT2D eigenvalue weighted by Crippen LogP contribution is -2.33. The first kappa shape index (κ1) is 20.0. The van der Waals surface area contributed by atoms with Crippen molar-refractivity contribution in [1.82, 2.24) is 25.1 Å². The first-order valence-corrected chi connectivity index (χ1v) is 8.66. The predicted octanol–water partition coefficient (Wildman–Crippen LogP) is 2.13. The van der Waals surface area contributed by atoms with Gasteiger partial charge in [-0.25, -0.2) is 0 Å². The molecule has 0 bridgehead atoms. The fraction of sp³-hybridized carbons (Fsp3) is 0.316. The van der Waals surface area contributed by atoms with Crippen LogP contribution in [0.4, 0.5) is 0 Å². The number of hydrogen-bond donors (Lipinski definition) is 1. The molecule has 0 unspecified atom stereocenters. The highest BCUT2D eigenvalue weighted by Crippen LogP contribution is 2.08. The first-order chi connectivity index (χ1) is 12.4. The van der Waals surface area contributed by atoms with E-state index in [9.17, 15) is 0 Å². The number of halogens is 1. The number of hydrogen-bond acceptors (Lipinski definition) is 5. The molecule has 0 amide bonds. The van der Waals surface area contributed by atoms with E-state index in [4.69, 9.17) is 5.73 Å². The lowest BCUT2D eigenvalue weighted by Gasteiger charge is -2.21. The lowest BCUT2D eigenvalue weighted by molar-refractivity contribution is 0.285. The van der Waals surface area contributed by atoms with Crippen molar-refractivity contribution in [3.63, 3.8) is 0 Å². The summed E-state index contributed by atoms with van der Waals surface area (Å²) in [6.45, 7) is 3.39. The highest BCUT2D eigenvalue weighted by atomic mass is 35.5. The largest absolute Gasteiger partial charge is 0.329 e. The molecule has 0 aliphatic carbocycles. The van der Waals surface area contributed by atoms with Crippen molar-refractivity contribution in [2.24, 2.45) is 5.73 Å². The van der Waals surface area contributed by atoms with Gasteiger partial charge in [0.25, 0.3) is 0 Å². The van der Waals surface area contributed by atoms with Crippen LogP contribution in [0.3, 0.4) is 0 Å². The van der Waals surface area contributed by atoms with E-state index < -0.39 is 0 Å².